The third-order valence-corrected chi connectivity index (χ3v) is 2.25. The molecule has 0 saturated heterocycles. The largest absolute Gasteiger partial charge is 0.452 e. The van der Waals surface area contributed by atoms with Crippen LogP contribution >= 0.6 is 22.6 Å². The molecule has 1 aromatic rings. The third kappa shape index (κ3) is 4.82. The molecule has 0 N–H and O–H groups in total. The molecule has 0 aliphatic carbocycles. The lowest BCUT2D eigenvalue weighted by Crippen LogP contribution is -2.08. The second-order valence-electron chi connectivity index (χ2n) is 3.03. The number of hydrogen-bond acceptors (Lipinski definition) is 4. The predicted molar refractivity (Wildman–Crippen MR) is 69.6 cm³/mol. The molecule has 17 heavy (non-hydrogen) atoms. The van der Waals surface area contributed by atoms with Crippen LogP contribution in [0.25, 0.3) is 0 Å². The van der Waals surface area contributed by atoms with Crippen LogP contribution in [0, 0.1) is 20.0 Å². The normalized spacial score (nSPS) is 9.00. The van der Waals surface area contributed by atoms with Gasteiger partial charge < -0.3 is 4.74 Å². The van der Waals surface area contributed by atoms with Crippen LogP contribution in [-0.4, -0.2) is 17.5 Å². The fourth-order valence-corrected chi connectivity index (χ4v) is 1.25. The second-order valence-corrected chi connectivity index (χ2v) is 3.57. The van der Waals surface area contributed by atoms with Gasteiger partial charge in [0.1, 0.15) is 0 Å². The van der Waals surface area contributed by atoms with Crippen LogP contribution in [0.2, 0.25) is 0 Å². The van der Waals surface area contributed by atoms with Crippen molar-refractivity contribution in [3.05, 3.63) is 39.9 Å². The van der Waals surface area contributed by atoms with Crippen molar-refractivity contribution in [2.75, 3.05) is 6.61 Å². The minimum atomic E-state index is -0.488. The number of halogens is 1. The monoisotopic (exact) mass is 345 g/mol. The fourth-order valence-electron chi connectivity index (χ4n) is 1.10. The second kappa shape index (κ2) is 6.85. The molecular weight excluding hydrogens is 337 g/mol. The molecular formula is C11H8INO4. The van der Waals surface area contributed by atoms with Gasteiger partial charge in [0.25, 0.3) is 5.69 Å². The summed E-state index contributed by atoms with van der Waals surface area (Å²) < 4.78 is 7.39. The molecule has 0 amide bonds. The van der Waals surface area contributed by atoms with Crippen LogP contribution in [0.5, 0.6) is 0 Å². The lowest BCUT2D eigenvalue weighted by Gasteiger charge is -2.00. The standard InChI is InChI=1S/C11H8INO4/c12-6-1-7-17-11(14)8-9-2-4-10(5-3-9)13(15)16/h2-5H,7-8H2. The van der Waals surface area contributed by atoms with E-state index in [2.05, 4.69) is 9.85 Å². The van der Waals surface area contributed by atoms with Crippen molar-refractivity contribution >= 4 is 34.2 Å². The Morgan fingerprint density at radius 3 is 2.59 bits per heavy atom. The zero-order chi connectivity index (χ0) is 12.7. The minimum absolute atomic E-state index is 0.00195. The first-order chi connectivity index (χ1) is 8.13. The molecule has 0 fully saturated rings. The third-order valence-electron chi connectivity index (χ3n) is 1.87. The van der Waals surface area contributed by atoms with Gasteiger partial charge in [0.05, 0.1) is 11.3 Å². The Kier molecular flexibility index (Phi) is 5.42. The van der Waals surface area contributed by atoms with Crippen molar-refractivity contribution in [1.29, 1.82) is 0 Å². The van der Waals surface area contributed by atoms with Gasteiger partial charge in [0.15, 0.2) is 6.61 Å². The molecule has 0 unspecified atom stereocenters. The Labute approximate surface area is 111 Å². The molecule has 0 radical (unpaired) electrons. The van der Waals surface area contributed by atoms with Gasteiger partial charge in [0, 0.05) is 34.7 Å². The van der Waals surface area contributed by atoms with E-state index in [4.69, 9.17) is 4.74 Å². The van der Waals surface area contributed by atoms with Crippen LogP contribution in [0.1, 0.15) is 5.56 Å². The van der Waals surface area contributed by atoms with Crippen molar-refractivity contribution in [2.45, 2.75) is 6.42 Å². The lowest BCUT2D eigenvalue weighted by molar-refractivity contribution is -0.384. The summed E-state index contributed by atoms with van der Waals surface area (Å²) in [7, 11) is 0. The zero-order valence-corrected chi connectivity index (χ0v) is 10.8. The molecule has 0 aliphatic heterocycles. The van der Waals surface area contributed by atoms with Crippen LogP contribution in [0.3, 0.4) is 0 Å². The average molecular weight is 345 g/mol. The number of benzene rings is 1. The van der Waals surface area contributed by atoms with Crippen molar-refractivity contribution in [2.24, 2.45) is 0 Å². The average Bonchev–Trinajstić information content (AvgIpc) is 2.30. The number of hydrogen-bond donors (Lipinski definition) is 0. The van der Waals surface area contributed by atoms with Gasteiger partial charge in [-0.05, 0) is 9.49 Å². The number of carbonyl (C=O) groups excluding carboxylic acids is 1. The molecule has 0 spiro atoms. The number of carbonyl (C=O) groups is 1. The summed E-state index contributed by atoms with van der Waals surface area (Å²) in [5.74, 6) is 2.19. The number of esters is 1. The first-order valence-corrected chi connectivity index (χ1v) is 5.69. The lowest BCUT2D eigenvalue weighted by atomic mass is 10.1. The first kappa shape index (κ1) is 13.4. The minimum Gasteiger partial charge on any atom is -0.452 e. The maximum Gasteiger partial charge on any atom is 0.311 e. The van der Waals surface area contributed by atoms with Gasteiger partial charge in [-0.25, -0.2) is 0 Å². The summed E-state index contributed by atoms with van der Waals surface area (Å²) in [6, 6.07) is 5.77. The molecule has 1 aromatic carbocycles. The molecule has 0 aliphatic rings. The molecule has 0 bridgehead atoms. The van der Waals surface area contributed by atoms with E-state index in [0.717, 1.165) is 0 Å². The van der Waals surface area contributed by atoms with Gasteiger partial charge in [-0.2, -0.15) is 0 Å². The van der Waals surface area contributed by atoms with E-state index in [0.29, 0.717) is 5.56 Å². The van der Waals surface area contributed by atoms with Crippen LogP contribution in [0.15, 0.2) is 24.3 Å². The molecule has 0 saturated carbocycles. The van der Waals surface area contributed by atoms with Gasteiger partial charge in [0.2, 0.25) is 0 Å². The van der Waals surface area contributed by atoms with Crippen molar-refractivity contribution in [3.8, 4) is 9.85 Å². The highest BCUT2D eigenvalue weighted by atomic mass is 127. The van der Waals surface area contributed by atoms with Gasteiger partial charge in [-0.1, -0.05) is 18.1 Å². The van der Waals surface area contributed by atoms with Crippen LogP contribution < -0.4 is 0 Å². The Morgan fingerprint density at radius 1 is 1.41 bits per heavy atom. The number of nitrogens with zero attached hydrogens (tertiary/aromatic N) is 1. The van der Waals surface area contributed by atoms with Gasteiger partial charge >= 0.3 is 5.97 Å². The number of non-ortho nitro benzene ring substituents is 1. The van der Waals surface area contributed by atoms with Crippen LogP contribution in [-0.2, 0) is 16.0 Å². The summed E-state index contributed by atoms with van der Waals surface area (Å²) in [4.78, 5) is 21.2. The van der Waals surface area contributed by atoms with Gasteiger partial charge in [-0.3, -0.25) is 14.9 Å². The summed E-state index contributed by atoms with van der Waals surface area (Å²) in [6.07, 6.45) is 0.0842. The highest BCUT2D eigenvalue weighted by molar-refractivity contribution is 14.1. The number of nitro groups is 1. The van der Waals surface area contributed by atoms with E-state index in [1.54, 1.807) is 0 Å². The van der Waals surface area contributed by atoms with Gasteiger partial charge in [-0.15, -0.1) is 0 Å². The number of nitro benzene ring substituents is 1. The van der Waals surface area contributed by atoms with E-state index in [9.17, 15) is 14.9 Å². The molecule has 6 heteroatoms. The van der Waals surface area contributed by atoms with Crippen LogP contribution in [0.4, 0.5) is 5.69 Å². The summed E-state index contributed by atoms with van der Waals surface area (Å²) in [5.41, 5.74) is 0.668. The van der Waals surface area contributed by atoms with E-state index >= 15 is 0 Å². The summed E-state index contributed by atoms with van der Waals surface area (Å²) in [6.45, 7) is 0.0642. The quantitative estimate of drug-likeness (QED) is 0.275. The molecule has 88 valence electrons. The van der Waals surface area contributed by atoms with Crippen molar-refractivity contribution in [3.63, 3.8) is 0 Å². The van der Waals surface area contributed by atoms with E-state index < -0.39 is 10.9 Å². The van der Waals surface area contributed by atoms with E-state index in [-0.39, 0.29) is 18.7 Å². The topological polar surface area (TPSA) is 69.4 Å². The Bertz CT molecular complexity index is 472. The van der Waals surface area contributed by atoms with Crippen molar-refractivity contribution in [1.82, 2.24) is 0 Å². The molecule has 0 aromatic heterocycles. The molecule has 5 nitrogen and oxygen atoms in total. The fraction of sp³-hybridized carbons (Fsp3) is 0.182. The molecule has 0 heterocycles. The maximum absolute atomic E-state index is 11.3. The smallest absolute Gasteiger partial charge is 0.311 e. The number of rotatable bonds is 4. The Balaban J connectivity index is 2.53. The SMILES string of the molecule is O=C(Cc1ccc([N+](=O)[O-])cc1)OCC#CI. The summed E-state index contributed by atoms with van der Waals surface area (Å²) >= 11 is 1.85. The Morgan fingerprint density at radius 2 is 2.06 bits per heavy atom. The highest BCUT2D eigenvalue weighted by Gasteiger charge is 2.07. The predicted octanol–water partition coefficient (Wildman–Crippen LogP) is 2.08. The maximum atomic E-state index is 11.3. The Hall–Kier alpha value is -1.62. The summed E-state index contributed by atoms with van der Waals surface area (Å²) in [5, 5.41) is 10.4. The number of ether oxygens (including phenoxy) is 1. The molecule has 1 rings (SSSR count). The molecule has 0 atom stereocenters. The van der Waals surface area contributed by atoms with Crippen molar-refractivity contribution < 1.29 is 14.5 Å². The zero-order valence-electron chi connectivity index (χ0n) is 8.68. The highest BCUT2D eigenvalue weighted by Crippen LogP contribution is 2.12. The van der Waals surface area contributed by atoms with E-state index in [1.807, 2.05) is 22.6 Å². The van der Waals surface area contributed by atoms with E-state index in [1.165, 1.54) is 24.3 Å². The first-order valence-electron chi connectivity index (χ1n) is 4.61.